The van der Waals surface area contributed by atoms with Crippen LogP contribution in [0.25, 0.3) is 11.0 Å². The summed E-state index contributed by atoms with van der Waals surface area (Å²) >= 11 is 0. The number of imidazole rings is 1. The first kappa shape index (κ1) is 11.1. The first-order valence-corrected chi connectivity index (χ1v) is 5.70. The van der Waals surface area contributed by atoms with E-state index in [1.54, 1.807) is 12.4 Å². The second-order valence-electron chi connectivity index (χ2n) is 4.23. The van der Waals surface area contributed by atoms with Crippen molar-refractivity contribution in [2.24, 2.45) is 5.73 Å². The maximum atomic E-state index is 5.94. The van der Waals surface area contributed by atoms with E-state index in [0.717, 1.165) is 23.4 Å². The van der Waals surface area contributed by atoms with Crippen molar-refractivity contribution in [3.05, 3.63) is 24.3 Å². The van der Waals surface area contributed by atoms with E-state index in [4.69, 9.17) is 5.73 Å². The van der Waals surface area contributed by atoms with E-state index in [-0.39, 0.29) is 12.0 Å². The van der Waals surface area contributed by atoms with Gasteiger partial charge in [-0.25, -0.2) is 4.98 Å². The van der Waals surface area contributed by atoms with E-state index < -0.39 is 0 Å². The molecule has 4 nitrogen and oxygen atoms in total. The Hall–Kier alpha value is -1.42. The summed E-state index contributed by atoms with van der Waals surface area (Å²) in [5.41, 5.74) is 8.03. The molecule has 2 aromatic rings. The fraction of sp³-hybridized carbons (Fsp3) is 0.500. The van der Waals surface area contributed by atoms with Crippen LogP contribution < -0.4 is 5.73 Å². The molecule has 2 atom stereocenters. The maximum absolute atomic E-state index is 5.94. The molecule has 86 valence electrons. The van der Waals surface area contributed by atoms with Crippen LogP contribution in [-0.4, -0.2) is 20.6 Å². The van der Waals surface area contributed by atoms with Crippen molar-refractivity contribution < 1.29 is 0 Å². The van der Waals surface area contributed by atoms with Crippen molar-refractivity contribution in [1.29, 1.82) is 0 Å². The van der Waals surface area contributed by atoms with Crippen LogP contribution in [0.3, 0.4) is 0 Å². The second-order valence-corrected chi connectivity index (χ2v) is 4.23. The standard InChI is InChI=1S/C12H18N4/c1-4-16-11-5-6-14-7-10(11)15-12(16)8(2)9(3)13/h5-9H,4,13H2,1-3H3. The summed E-state index contributed by atoms with van der Waals surface area (Å²) in [5.74, 6) is 1.31. The number of pyridine rings is 1. The Balaban J connectivity index is 2.60. The largest absolute Gasteiger partial charge is 0.328 e. The molecule has 2 rings (SSSR count). The van der Waals surface area contributed by atoms with Crippen LogP contribution in [-0.2, 0) is 6.54 Å². The van der Waals surface area contributed by atoms with E-state index in [2.05, 4.69) is 28.4 Å². The van der Waals surface area contributed by atoms with Crippen LogP contribution in [0.1, 0.15) is 32.5 Å². The Labute approximate surface area is 95.5 Å². The molecule has 0 aliphatic rings. The molecule has 0 aliphatic heterocycles. The third-order valence-electron chi connectivity index (χ3n) is 3.09. The molecule has 2 unspecified atom stereocenters. The fourth-order valence-electron chi connectivity index (χ4n) is 1.92. The minimum absolute atomic E-state index is 0.107. The number of aryl methyl sites for hydroxylation is 1. The molecule has 0 bridgehead atoms. The summed E-state index contributed by atoms with van der Waals surface area (Å²) in [6, 6.07) is 2.11. The minimum atomic E-state index is 0.107. The molecule has 0 aliphatic carbocycles. The Morgan fingerprint density at radius 1 is 1.44 bits per heavy atom. The van der Waals surface area contributed by atoms with Crippen LogP contribution >= 0.6 is 0 Å². The number of nitrogens with zero attached hydrogens (tertiary/aromatic N) is 3. The van der Waals surface area contributed by atoms with Crippen LogP contribution in [0.4, 0.5) is 0 Å². The van der Waals surface area contributed by atoms with Gasteiger partial charge in [-0.1, -0.05) is 6.92 Å². The highest BCUT2D eigenvalue weighted by atomic mass is 15.1. The fourth-order valence-corrected chi connectivity index (χ4v) is 1.92. The summed E-state index contributed by atoms with van der Waals surface area (Å²) in [7, 11) is 0. The molecular formula is C12H18N4. The van der Waals surface area contributed by atoms with Crippen molar-refractivity contribution >= 4 is 11.0 Å². The predicted molar refractivity (Wildman–Crippen MR) is 65.3 cm³/mol. The molecular weight excluding hydrogens is 200 g/mol. The lowest BCUT2D eigenvalue weighted by atomic mass is 10.0. The lowest BCUT2D eigenvalue weighted by molar-refractivity contribution is 0.551. The van der Waals surface area contributed by atoms with E-state index in [0.29, 0.717) is 0 Å². The minimum Gasteiger partial charge on any atom is -0.328 e. The first-order valence-electron chi connectivity index (χ1n) is 5.70. The van der Waals surface area contributed by atoms with Gasteiger partial charge in [-0.05, 0) is 19.9 Å². The van der Waals surface area contributed by atoms with Crippen LogP contribution in [0.5, 0.6) is 0 Å². The molecule has 0 fully saturated rings. The lowest BCUT2D eigenvalue weighted by Gasteiger charge is -2.16. The molecule has 0 amide bonds. The summed E-state index contributed by atoms with van der Waals surface area (Å²) < 4.78 is 2.21. The monoisotopic (exact) mass is 218 g/mol. The van der Waals surface area contributed by atoms with Gasteiger partial charge in [0, 0.05) is 24.7 Å². The maximum Gasteiger partial charge on any atom is 0.114 e. The van der Waals surface area contributed by atoms with Gasteiger partial charge in [0.25, 0.3) is 0 Å². The van der Waals surface area contributed by atoms with Gasteiger partial charge in [-0.3, -0.25) is 4.98 Å². The normalized spacial score (nSPS) is 15.2. The quantitative estimate of drug-likeness (QED) is 0.856. The molecule has 0 aromatic carbocycles. The van der Waals surface area contributed by atoms with Crippen molar-refractivity contribution in [2.75, 3.05) is 0 Å². The summed E-state index contributed by atoms with van der Waals surface area (Å²) in [6.07, 6.45) is 3.61. The smallest absolute Gasteiger partial charge is 0.114 e. The number of hydrogen-bond acceptors (Lipinski definition) is 3. The zero-order chi connectivity index (χ0) is 11.7. The number of hydrogen-bond donors (Lipinski definition) is 1. The highest BCUT2D eigenvalue weighted by Gasteiger charge is 2.18. The number of fused-ring (bicyclic) bond motifs is 1. The van der Waals surface area contributed by atoms with Gasteiger partial charge in [-0.15, -0.1) is 0 Å². The Kier molecular flexibility index (Phi) is 2.92. The molecule has 2 N–H and O–H groups in total. The van der Waals surface area contributed by atoms with Crippen LogP contribution in [0, 0.1) is 0 Å². The number of nitrogens with two attached hydrogens (primary N) is 1. The topological polar surface area (TPSA) is 56.7 Å². The van der Waals surface area contributed by atoms with E-state index >= 15 is 0 Å². The third kappa shape index (κ3) is 1.69. The zero-order valence-corrected chi connectivity index (χ0v) is 10.0. The van der Waals surface area contributed by atoms with E-state index in [1.165, 1.54) is 0 Å². The van der Waals surface area contributed by atoms with Gasteiger partial charge in [0.1, 0.15) is 11.3 Å². The van der Waals surface area contributed by atoms with Gasteiger partial charge in [-0.2, -0.15) is 0 Å². The molecule has 0 spiro atoms. The molecule has 0 saturated carbocycles. The number of rotatable bonds is 3. The van der Waals surface area contributed by atoms with Crippen LogP contribution in [0.2, 0.25) is 0 Å². The molecule has 2 aromatic heterocycles. The summed E-state index contributed by atoms with van der Waals surface area (Å²) in [4.78, 5) is 8.72. The van der Waals surface area contributed by atoms with Gasteiger partial charge < -0.3 is 10.3 Å². The SMILES string of the molecule is CCn1c(C(C)C(C)N)nc2cnccc21. The number of aromatic nitrogens is 3. The van der Waals surface area contributed by atoms with Crippen molar-refractivity contribution in [3.63, 3.8) is 0 Å². The second kappa shape index (κ2) is 4.22. The van der Waals surface area contributed by atoms with Gasteiger partial charge in [0.05, 0.1) is 11.7 Å². The molecule has 0 saturated heterocycles. The first-order chi connectivity index (χ1) is 7.65. The zero-order valence-electron chi connectivity index (χ0n) is 10.0. The van der Waals surface area contributed by atoms with Crippen LogP contribution in [0.15, 0.2) is 18.5 Å². The van der Waals surface area contributed by atoms with Crippen molar-refractivity contribution in [2.45, 2.75) is 39.3 Å². The van der Waals surface area contributed by atoms with Crippen molar-refractivity contribution in [1.82, 2.24) is 14.5 Å². The predicted octanol–water partition coefficient (Wildman–Crippen LogP) is 1.90. The van der Waals surface area contributed by atoms with Crippen molar-refractivity contribution in [3.8, 4) is 0 Å². The van der Waals surface area contributed by atoms with Gasteiger partial charge >= 0.3 is 0 Å². The third-order valence-corrected chi connectivity index (χ3v) is 3.09. The van der Waals surface area contributed by atoms with E-state index in [9.17, 15) is 0 Å². The Bertz CT molecular complexity index is 487. The Morgan fingerprint density at radius 2 is 2.19 bits per heavy atom. The average molecular weight is 218 g/mol. The summed E-state index contributed by atoms with van der Waals surface area (Å²) in [6.45, 7) is 7.17. The van der Waals surface area contributed by atoms with Gasteiger partial charge in [0.15, 0.2) is 0 Å². The van der Waals surface area contributed by atoms with Gasteiger partial charge in [0.2, 0.25) is 0 Å². The lowest BCUT2D eigenvalue weighted by Crippen LogP contribution is -2.25. The Morgan fingerprint density at radius 3 is 2.81 bits per heavy atom. The summed E-state index contributed by atoms with van der Waals surface area (Å²) in [5, 5.41) is 0. The molecule has 2 heterocycles. The molecule has 0 radical (unpaired) electrons. The highest BCUT2D eigenvalue weighted by Crippen LogP contribution is 2.22. The van der Waals surface area contributed by atoms with E-state index in [1.807, 2.05) is 13.0 Å². The molecule has 16 heavy (non-hydrogen) atoms. The highest BCUT2D eigenvalue weighted by molar-refractivity contribution is 5.74. The average Bonchev–Trinajstić information content (AvgIpc) is 2.65. The molecule has 4 heteroatoms.